The molecule has 0 unspecified atom stereocenters. The van der Waals surface area contributed by atoms with Crippen LogP contribution in [-0.4, -0.2) is 26.6 Å². The van der Waals surface area contributed by atoms with Crippen LogP contribution >= 0.6 is 0 Å². The maximum atomic E-state index is 12.6. The van der Waals surface area contributed by atoms with Crippen LogP contribution in [0.1, 0.15) is 18.1 Å². The van der Waals surface area contributed by atoms with E-state index in [1.165, 1.54) is 11.8 Å². The Kier molecular flexibility index (Phi) is 5.21. The SMILES string of the molecule is Cc1ccccc1CS(=O)(=O)[C@@H](C)C(=O)N(C)c1ccccc1. The molecule has 0 fully saturated rings. The molecular weight excluding hydrogens is 310 g/mol. The summed E-state index contributed by atoms with van der Waals surface area (Å²) in [6, 6.07) is 16.3. The van der Waals surface area contributed by atoms with Gasteiger partial charge < -0.3 is 4.90 Å². The number of sulfone groups is 1. The summed E-state index contributed by atoms with van der Waals surface area (Å²) in [6.45, 7) is 3.32. The average Bonchev–Trinajstić information content (AvgIpc) is 2.55. The summed E-state index contributed by atoms with van der Waals surface area (Å²) < 4.78 is 25.2. The fourth-order valence-electron chi connectivity index (χ4n) is 2.32. The Balaban J connectivity index is 2.19. The van der Waals surface area contributed by atoms with Crippen LogP contribution in [0, 0.1) is 6.92 Å². The first kappa shape index (κ1) is 17.2. The van der Waals surface area contributed by atoms with E-state index in [-0.39, 0.29) is 5.75 Å². The van der Waals surface area contributed by atoms with Crippen LogP contribution in [-0.2, 0) is 20.4 Å². The fraction of sp³-hybridized carbons (Fsp3) is 0.278. The van der Waals surface area contributed by atoms with Gasteiger partial charge >= 0.3 is 0 Å². The van der Waals surface area contributed by atoms with E-state index in [1.54, 1.807) is 31.3 Å². The highest BCUT2D eigenvalue weighted by Gasteiger charge is 2.31. The third kappa shape index (κ3) is 3.99. The molecule has 5 heteroatoms. The Morgan fingerprint density at radius 1 is 1.04 bits per heavy atom. The first-order chi connectivity index (χ1) is 10.8. The lowest BCUT2D eigenvalue weighted by Gasteiger charge is -2.22. The summed E-state index contributed by atoms with van der Waals surface area (Å²) in [5.74, 6) is -0.556. The molecular formula is C18H21NO3S. The number of para-hydroxylation sites is 1. The number of hydrogen-bond donors (Lipinski definition) is 0. The molecule has 0 aromatic heterocycles. The average molecular weight is 331 g/mol. The van der Waals surface area contributed by atoms with E-state index in [2.05, 4.69) is 0 Å². The van der Waals surface area contributed by atoms with Gasteiger partial charge in [-0.1, -0.05) is 42.5 Å². The van der Waals surface area contributed by atoms with Gasteiger partial charge in [0.05, 0.1) is 5.75 Å². The number of rotatable bonds is 5. The molecule has 2 aromatic rings. The maximum Gasteiger partial charge on any atom is 0.244 e. The van der Waals surface area contributed by atoms with Crippen LogP contribution in [0.25, 0.3) is 0 Å². The van der Waals surface area contributed by atoms with Crippen LogP contribution in [0.4, 0.5) is 5.69 Å². The van der Waals surface area contributed by atoms with Crippen molar-refractivity contribution in [1.82, 2.24) is 0 Å². The lowest BCUT2D eigenvalue weighted by Crippen LogP contribution is -2.39. The zero-order chi connectivity index (χ0) is 17.0. The second-order valence-electron chi connectivity index (χ2n) is 5.61. The summed E-state index contributed by atoms with van der Waals surface area (Å²) in [7, 11) is -1.98. The zero-order valence-electron chi connectivity index (χ0n) is 13.6. The van der Waals surface area contributed by atoms with Crippen molar-refractivity contribution < 1.29 is 13.2 Å². The molecule has 4 nitrogen and oxygen atoms in total. The molecule has 0 heterocycles. The molecule has 1 amide bonds. The van der Waals surface area contributed by atoms with Gasteiger partial charge in [0, 0.05) is 12.7 Å². The predicted octanol–water partition coefficient (Wildman–Crippen LogP) is 2.96. The van der Waals surface area contributed by atoms with Crippen molar-refractivity contribution in [3.05, 3.63) is 65.7 Å². The molecule has 0 aliphatic carbocycles. The van der Waals surface area contributed by atoms with Crippen molar-refractivity contribution in [3.8, 4) is 0 Å². The van der Waals surface area contributed by atoms with Crippen LogP contribution in [0.2, 0.25) is 0 Å². The topological polar surface area (TPSA) is 54.5 Å². The van der Waals surface area contributed by atoms with Gasteiger partial charge in [-0.15, -0.1) is 0 Å². The van der Waals surface area contributed by atoms with Gasteiger partial charge in [0.25, 0.3) is 0 Å². The Bertz CT molecular complexity index is 785. The van der Waals surface area contributed by atoms with Crippen LogP contribution in [0.5, 0.6) is 0 Å². The smallest absolute Gasteiger partial charge is 0.244 e. The summed E-state index contributed by atoms with van der Waals surface area (Å²) in [5.41, 5.74) is 2.32. The van der Waals surface area contributed by atoms with E-state index >= 15 is 0 Å². The Labute approximate surface area is 137 Å². The molecule has 0 saturated heterocycles. The number of carbonyl (C=O) groups is 1. The molecule has 2 aromatic carbocycles. The number of carbonyl (C=O) groups excluding carboxylic acids is 1. The number of aryl methyl sites for hydroxylation is 1. The normalized spacial score (nSPS) is 12.7. The van der Waals surface area contributed by atoms with Gasteiger partial charge in [-0.2, -0.15) is 0 Å². The van der Waals surface area contributed by atoms with Crippen LogP contribution < -0.4 is 4.90 Å². The van der Waals surface area contributed by atoms with Crippen LogP contribution in [0.15, 0.2) is 54.6 Å². The highest BCUT2D eigenvalue weighted by molar-refractivity contribution is 7.92. The Hall–Kier alpha value is -2.14. The molecule has 0 radical (unpaired) electrons. The van der Waals surface area contributed by atoms with E-state index in [0.29, 0.717) is 5.69 Å². The lowest BCUT2D eigenvalue weighted by molar-refractivity contribution is -0.117. The minimum atomic E-state index is -3.58. The quantitative estimate of drug-likeness (QED) is 0.846. The van der Waals surface area contributed by atoms with Gasteiger partial charge in [0.15, 0.2) is 9.84 Å². The van der Waals surface area contributed by atoms with Gasteiger partial charge in [-0.3, -0.25) is 4.79 Å². The van der Waals surface area contributed by atoms with Crippen molar-refractivity contribution in [3.63, 3.8) is 0 Å². The monoisotopic (exact) mass is 331 g/mol. The summed E-state index contributed by atoms with van der Waals surface area (Å²) in [4.78, 5) is 13.9. The predicted molar refractivity (Wildman–Crippen MR) is 93.1 cm³/mol. The maximum absolute atomic E-state index is 12.6. The standard InChI is InChI=1S/C18H21NO3S/c1-14-9-7-8-10-16(14)13-23(21,22)15(2)18(20)19(3)17-11-5-4-6-12-17/h4-12,15H,13H2,1-3H3/t15-/m0/s1. The number of nitrogens with zero attached hydrogens (tertiary/aromatic N) is 1. The summed E-state index contributed by atoms with van der Waals surface area (Å²) >= 11 is 0. The van der Waals surface area contributed by atoms with Crippen molar-refractivity contribution >= 4 is 21.4 Å². The van der Waals surface area contributed by atoms with Gasteiger partial charge in [-0.25, -0.2) is 8.42 Å². The molecule has 1 atom stereocenters. The lowest BCUT2D eigenvalue weighted by atomic mass is 10.1. The molecule has 0 spiro atoms. The molecule has 2 rings (SSSR count). The highest BCUT2D eigenvalue weighted by atomic mass is 32.2. The summed E-state index contributed by atoms with van der Waals surface area (Å²) in [5, 5.41) is -1.09. The molecule has 0 aliphatic heterocycles. The number of benzene rings is 2. The van der Waals surface area contributed by atoms with E-state index in [0.717, 1.165) is 11.1 Å². The number of amides is 1. The van der Waals surface area contributed by atoms with Crippen molar-refractivity contribution in [2.75, 3.05) is 11.9 Å². The van der Waals surface area contributed by atoms with Gasteiger partial charge in [0.2, 0.25) is 5.91 Å². The summed E-state index contributed by atoms with van der Waals surface area (Å²) in [6.07, 6.45) is 0. The van der Waals surface area contributed by atoms with Crippen molar-refractivity contribution in [1.29, 1.82) is 0 Å². The second kappa shape index (κ2) is 6.96. The fourth-order valence-corrected chi connectivity index (χ4v) is 3.79. The molecule has 0 bridgehead atoms. The largest absolute Gasteiger partial charge is 0.314 e. The molecule has 0 aliphatic rings. The van der Waals surface area contributed by atoms with E-state index < -0.39 is 21.0 Å². The van der Waals surface area contributed by atoms with Gasteiger partial charge in [-0.05, 0) is 37.1 Å². The number of hydrogen-bond acceptors (Lipinski definition) is 3. The molecule has 0 saturated carbocycles. The van der Waals surface area contributed by atoms with Crippen molar-refractivity contribution in [2.45, 2.75) is 24.9 Å². The third-order valence-corrected chi connectivity index (χ3v) is 5.97. The second-order valence-corrected chi connectivity index (χ2v) is 7.93. The van der Waals surface area contributed by atoms with Crippen molar-refractivity contribution in [2.24, 2.45) is 0 Å². The minimum absolute atomic E-state index is 0.130. The highest BCUT2D eigenvalue weighted by Crippen LogP contribution is 2.19. The Morgan fingerprint density at radius 2 is 1.61 bits per heavy atom. The molecule has 122 valence electrons. The van der Waals surface area contributed by atoms with E-state index in [9.17, 15) is 13.2 Å². The zero-order valence-corrected chi connectivity index (χ0v) is 14.4. The number of anilines is 1. The van der Waals surface area contributed by atoms with E-state index in [4.69, 9.17) is 0 Å². The van der Waals surface area contributed by atoms with E-state index in [1.807, 2.05) is 37.3 Å². The Morgan fingerprint density at radius 3 is 2.22 bits per heavy atom. The third-order valence-electron chi connectivity index (χ3n) is 3.98. The van der Waals surface area contributed by atoms with Crippen LogP contribution in [0.3, 0.4) is 0 Å². The molecule has 23 heavy (non-hydrogen) atoms. The van der Waals surface area contributed by atoms with Gasteiger partial charge in [0.1, 0.15) is 5.25 Å². The first-order valence-corrected chi connectivity index (χ1v) is 9.13. The molecule has 0 N–H and O–H groups in total. The minimum Gasteiger partial charge on any atom is -0.314 e. The first-order valence-electron chi connectivity index (χ1n) is 7.41.